The van der Waals surface area contributed by atoms with Crippen LogP contribution in [0.4, 0.5) is 21.8 Å². The molecule has 1 heterocycles. The highest BCUT2D eigenvalue weighted by atomic mass is 79.9. The molecule has 116 valence electrons. The Morgan fingerprint density at radius 1 is 1.04 bits per heavy atom. The van der Waals surface area contributed by atoms with Crippen LogP contribution >= 0.6 is 15.9 Å². The summed E-state index contributed by atoms with van der Waals surface area (Å²) in [6.45, 7) is 0.319. The van der Waals surface area contributed by atoms with Crippen molar-refractivity contribution in [2.45, 2.75) is 6.54 Å². The molecule has 0 fully saturated rings. The van der Waals surface area contributed by atoms with Crippen LogP contribution in [0.3, 0.4) is 0 Å². The standard InChI is InChI=1S/C16H13BrFN5/c17-12-6-2-4-8-14(12)21-16-22-15(10-20-23-16)19-9-11-5-1-3-7-13(11)18/h1-8,10H,9H2,(H2,19,21,22,23). The molecule has 0 unspecified atom stereocenters. The summed E-state index contributed by atoms with van der Waals surface area (Å²) < 4.78 is 14.5. The molecule has 5 nitrogen and oxygen atoms in total. The first-order valence-corrected chi connectivity index (χ1v) is 7.70. The van der Waals surface area contributed by atoms with Crippen molar-refractivity contribution in [3.05, 3.63) is 70.6 Å². The van der Waals surface area contributed by atoms with Gasteiger partial charge in [-0.25, -0.2) is 4.39 Å². The van der Waals surface area contributed by atoms with Gasteiger partial charge in [0.05, 0.1) is 11.9 Å². The highest BCUT2D eigenvalue weighted by molar-refractivity contribution is 9.10. The molecule has 0 spiro atoms. The Hall–Kier alpha value is -2.54. The number of para-hydroxylation sites is 1. The van der Waals surface area contributed by atoms with Crippen LogP contribution in [0.5, 0.6) is 0 Å². The molecule has 0 radical (unpaired) electrons. The van der Waals surface area contributed by atoms with Gasteiger partial charge in [-0.15, -0.1) is 5.10 Å². The number of anilines is 3. The van der Waals surface area contributed by atoms with Gasteiger partial charge in [0.25, 0.3) is 0 Å². The van der Waals surface area contributed by atoms with Gasteiger partial charge in [-0.2, -0.15) is 10.1 Å². The summed E-state index contributed by atoms with van der Waals surface area (Å²) in [4.78, 5) is 4.31. The van der Waals surface area contributed by atoms with Gasteiger partial charge in [0.15, 0.2) is 5.82 Å². The zero-order valence-corrected chi connectivity index (χ0v) is 13.6. The van der Waals surface area contributed by atoms with E-state index in [-0.39, 0.29) is 5.82 Å². The van der Waals surface area contributed by atoms with E-state index in [1.165, 1.54) is 12.3 Å². The topological polar surface area (TPSA) is 62.7 Å². The molecule has 0 aliphatic rings. The summed E-state index contributed by atoms with van der Waals surface area (Å²) in [7, 11) is 0. The van der Waals surface area contributed by atoms with E-state index in [0.29, 0.717) is 23.9 Å². The number of nitrogens with zero attached hydrogens (tertiary/aromatic N) is 3. The maximum atomic E-state index is 13.6. The van der Waals surface area contributed by atoms with E-state index in [9.17, 15) is 4.39 Å². The Labute approximate surface area is 141 Å². The van der Waals surface area contributed by atoms with Crippen molar-refractivity contribution in [3.63, 3.8) is 0 Å². The summed E-state index contributed by atoms with van der Waals surface area (Å²) >= 11 is 3.45. The highest BCUT2D eigenvalue weighted by Crippen LogP contribution is 2.23. The third kappa shape index (κ3) is 4.01. The Morgan fingerprint density at radius 2 is 1.83 bits per heavy atom. The summed E-state index contributed by atoms with van der Waals surface area (Å²) in [5, 5.41) is 14.0. The molecule has 0 aliphatic carbocycles. The molecule has 0 aliphatic heterocycles. The summed E-state index contributed by atoms with van der Waals surface area (Å²) in [5.74, 6) is 0.613. The average Bonchev–Trinajstić information content (AvgIpc) is 2.57. The molecule has 0 atom stereocenters. The van der Waals surface area contributed by atoms with Crippen molar-refractivity contribution in [2.24, 2.45) is 0 Å². The minimum Gasteiger partial charge on any atom is -0.364 e. The number of halogens is 2. The molecule has 3 aromatic rings. The van der Waals surface area contributed by atoms with Gasteiger partial charge in [0.2, 0.25) is 5.95 Å². The van der Waals surface area contributed by atoms with E-state index >= 15 is 0 Å². The maximum absolute atomic E-state index is 13.6. The monoisotopic (exact) mass is 373 g/mol. The molecule has 0 amide bonds. The smallest absolute Gasteiger partial charge is 0.249 e. The quantitative estimate of drug-likeness (QED) is 0.703. The summed E-state index contributed by atoms with van der Waals surface area (Å²) in [5.41, 5.74) is 1.40. The van der Waals surface area contributed by atoms with E-state index in [0.717, 1.165) is 10.2 Å². The van der Waals surface area contributed by atoms with Gasteiger partial charge in [0.1, 0.15) is 5.82 Å². The second-order valence-electron chi connectivity index (χ2n) is 4.72. The van der Waals surface area contributed by atoms with E-state index < -0.39 is 0 Å². The lowest BCUT2D eigenvalue weighted by molar-refractivity contribution is 0.613. The van der Waals surface area contributed by atoms with Crippen molar-refractivity contribution in [1.82, 2.24) is 15.2 Å². The molecule has 1 aromatic heterocycles. The molecule has 0 saturated heterocycles. The van der Waals surface area contributed by atoms with E-state index in [2.05, 4.69) is 41.7 Å². The minimum atomic E-state index is -0.256. The van der Waals surface area contributed by atoms with Crippen LogP contribution in [0.1, 0.15) is 5.56 Å². The van der Waals surface area contributed by atoms with E-state index in [1.54, 1.807) is 18.2 Å². The third-order valence-electron chi connectivity index (χ3n) is 3.10. The molecule has 7 heteroatoms. The summed E-state index contributed by atoms with van der Waals surface area (Å²) in [6.07, 6.45) is 1.49. The number of hydrogen-bond acceptors (Lipinski definition) is 5. The van der Waals surface area contributed by atoms with E-state index in [4.69, 9.17) is 0 Å². The van der Waals surface area contributed by atoms with Crippen LogP contribution in [-0.2, 0) is 6.54 Å². The second-order valence-corrected chi connectivity index (χ2v) is 5.57. The van der Waals surface area contributed by atoms with Crippen LogP contribution in [0.15, 0.2) is 59.2 Å². The summed E-state index contributed by atoms with van der Waals surface area (Å²) in [6, 6.07) is 14.2. The lowest BCUT2D eigenvalue weighted by Crippen LogP contribution is -2.06. The first kappa shape index (κ1) is 15.4. The third-order valence-corrected chi connectivity index (χ3v) is 3.79. The van der Waals surface area contributed by atoms with Crippen LogP contribution in [0.25, 0.3) is 0 Å². The predicted octanol–water partition coefficient (Wildman–Crippen LogP) is 4.13. The SMILES string of the molecule is Fc1ccccc1CNc1cnnc(Nc2ccccc2Br)n1. The number of benzene rings is 2. The maximum Gasteiger partial charge on any atom is 0.249 e. The van der Waals surface area contributed by atoms with Crippen molar-refractivity contribution in [2.75, 3.05) is 10.6 Å². The first-order chi connectivity index (χ1) is 11.2. The molecule has 2 aromatic carbocycles. The molecule has 2 N–H and O–H groups in total. The lowest BCUT2D eigenvalue weighted by atomic mass is 10.2. The van der Waals surface area contributed by atoms with Crippen molar-refractivity contribution >= 4 is 33.4 Å². The highest BCUT2D eigenvalue weighted by Gasteiger charge is 2.05. The van der Waals surface area contributed by atoms with Gasteiger partial charge in [-0.05, 0) is 34.1 Å². The number of nitrogens with one attached hydrogen (secondary N) is 2. The van der Waals surface area contributed by atoms with Gasteiger partial charge >= 0.3 is 0 Å². The Kier molecular flexibility index (Phi) is 4.77. The molecular weight excluding hydrogens is 361 g/mol. The van der Waals surface area contributed by atoms with Gasteiger partial charge in [-0.1, -0.05) is 30.3 Å². The molecule has 23 heavy (non-hydrogen) atoms. The largest absolute Gasteiger partial charge is 0.364 e. The molecule has 0 bridgehead atoms. The van der Waals surface area contributed by atoms with Crippen molar-refractivity contribution in [1.29, 1.82) is 0 Å². The molecular formula is C16H13BrFN5. The predicted molar refractivity (Wildman–Crippen MR) is 91.0 cm³/mol. The van der Waals surface area contributed by atoms with Crippen molar-refractivity contribution < 1.29 is 4.39 Å². The Morgan fingerprint density at radius 3 is 2.65 bits per heavy atom. The normalized spacial score (nSPS) is 10.3. The van der Waals surface area contributed by atoms with Crippen LogP contribution < -0.4 is 10.6 Å². The fourth-order valence-electron chi connectivity index (χ4n) is 1.95. The Balaban J connectivity index is 1.70. The van der Waals surface area contributed by atoms with Gasteiger partial charge in [-0.3, -0.25) is 0 Å². The number of aromatic nitrogens is 3. The first-order valence-electron chi connectivity index (χ1n) is 6.91. The van der Waals surface area contributed by atoms with E-state index in [1.807, 2.05) is 24.3 Å². The van der Waals surface area contributed by atoms with Crippen LogP contribution in [-0.4, -0.2) is 15.2 Å². The molecule has 0 saturated carbocycles. The van der Waals surface area contributed by atoms with Crippen LogP contribution in [0, 0.1) is 5.82 Å². The lowest BCUT2D eigenvalue weighted by Gasteiger charge is -2.09. The average molecular weight is 374 g/mol. The number of rotatable bonds is 5. The van der Waals surface area contributed by atoms with Gasteiger partial charge < -0.3 is 10.6 Å². The second kappa shape index (κ2) is 7.15. The van der Waals surface area contributed by atoms with Crippen LogP contribution in [0.2, 0.25) is 0 Å². The zero-order chi connectivity index (χ0) is 16.1. The van der Waals surface area contributed by atoms with Crippen molar-refractivity contribution in [3.8, 4) is 0 Å². The zero-order valence-electron chi connectivity index (χ0n) is 12.0. The van der Waals surface area contributed by atoms with Gasteiger partial charge in [0, 0.05) is 16.6 Å². The fourth-order valence-corrected chi connectivity index (χ4v) is 2.34. The molecule has 3 rings (SSSR count). The Bertz CT molecular complexity index is 812. The minimum absolute atomic E-state index is 0.256. The fraction of sp³-hybridized carbons (Fsp3) is 0.0625. The number of hydrogen-bond donors (Lipinski definition) is 2.